The van der Waals surface area contributed by atoms with Crippen LogP contribution in [0.15, 0.2) is 21.3 Å². The van der Waals surface area contributed by atoms with Crippen LogP contribution in [0.2, 0.25) is 0 Å². The first-order chi connectivity index (χ1) is 10.0. The van der Waals surface area contributed by atoms with Crippen LogP contribution < -0.4 is 0 Å². The molecule has 2 nitrogen and oxygen atoms in total. The Labute approximate surface area is 140 Å². The molecule has 21 heavy (non-hydrogen) atoms. The minimum absolute atomic E-state index is 0.0681. The fourth-order valence-electron chi connectivity index (χ4n) is 5.41. The van der Waals surface area contributed by atoms with Gasteiger partial charge in [0.25, 0.3) is 0 Å². The molecule has 1 aliphatic heterocycles. The van der Waals surface area contributed by atoms with Gasteiger partial charge in [0.15, 0.2) is 0 Å². The summed E-state index contributed by atoms with van der Waals surface area (Å²) in [6, 6.07) is 0. The molecule has 0 amide bonds. The van der Waals surface area contributed by atoms with Gasteiger partial charge in [0.2, 0.25) is 0 Å². The number of hydrogen-bond donors (Lipinski definition) is 0. The highest BCUT2D eigenvalue weighted by Gasteiger charge is 2.70. The molecule has 2 saturated carbocycles. The molecule has 3 heteroatoms. The van der Waals surface area contributed by atoms with Crippen molar-refractivity contribution in [2.75, 3.05) is 0 Å². The molecule has 0 aromatic carbocycles. The van der Waals surface area contributed by atoms with Crippen molar-refractivity contribution in [3.8, 4) is 0 Å². The van der Waals surface area contributed by atoms with E-state index >= 15 is 0 Å². The van der Waals surface area contributed by atoms with E-state index in [1.54, 1.807) is 5.57 Å². The van der Waals surface area contributed by atoms with E-state index < -0.39 is 0 Å². The molecule has 0 aromatic heterocycles. The third-order valence-electron chi connectivity index (χ3n) is 6.48. The lowest BCUT2D eigenvalue weighted by Crippen LogP contribution is -2.24. The smallest absolute Gasteiger partial charge is 0.309 e. The number of ether oxygens (including phenoxy) is 1. The summed E-state index contributed by atoms with van der Waals surface area (Å²) in [7, 11) is 0. The minimum Gasteiger partial charge on any atom is -0.461 e. The zero-order chi connectivity index (χ0) is 14.8. The van der Waals surface area contributed by atoms with Crippen LogP contribution in [0.1, 0.15) is 46.0 Å². The van der Waals surface area contributed by atoms with E-state index in [1.165, 1.54) is 22.8 Å². The van der Waals surface area contributed by atoms with Gasteiger partial charge in [-0.25, -0.2) is 0 Å². The molecule has 3 fully saturated rings. The highest BCUT2D eigenvalue weighted by atomic mass is 127. The second-order valence-electron chi connectivity index (χ2n) is 7.56. The van der Waals surface area contributed by atoms with Crippen LogP contribution in [0.4, 0.5) is 0 Å². The molecule has 0 N–H and O–H groups in total. The maximum atomic E-state index is 12.4. The lowest BCUT2D eigenvalue weighted by atomic mass is 9.79. The third-order valence-corrected chi connectivity index (χ3v) is 6.92. The highest BCUT2D eigenvalue weighted by Crippen LogP contribution is 2.72. The fraction of sp³-hybridized carbons (Fsp3) is 0.722. The standard InChI is InChI=1S/C18H23IO2/c1-10(19)5-7-13-12-8-6-11-4-3-9-18(2)14(11)15(18)16(12)21-17(13)20/h4-5,12-16H,3,6-9H2,1-2H3/b10-5-/t12-,13+,14+,15+,16-,18+/m1/s1. The third kappa shape index (κ3) is 2.06. The molecule has 0 unspecified atom stereocenters. The number of carbonyl (C=O) groups excluding carboxylic acids is 1. The van der Waals surface area contributed by atoms with Crippen LogP contribution in [-0.2, 0) is 9.53 Å². The largest absolute Gasteiger partial charge is 0.461 e. The van der Waals surface area contributed by atoms with Gasteiger partial charge in [-0.05, 0) is 76.5 Å². The summed E-state index contributed by atoms with van der Waals surface area (Å²) in [6.07, 6.45) is 10.6. The summed E-state index contributed by atoms with van der Waals surface area (Å²) in [5, 5.41) is 0. The monoisotopic (exact) mass is 398 g/mol. The molecule has 0 spiro atoms. The van der Waals surface area contributed by atoms with Gasteiger partial charge in [-0.3, -0.25) is 4.79 Å². The predicted octanol–water partition coefficient (Wildman–Crippen LogP) is 4.64. The van der Waals surface area contributed by atoms with E-state index in [0.29, 0.717) is 17.3 Å². The molecule has 6 atom stereocenters. The van der Waals surface area contributed by atoms with E-state index in [1.807, 2.05) is 0 Å². The van der Waals surface area contributed by atoms with Crippen LogP contribution in [0.25, 0.3) is 0 Å². The van der Waals surface area contributed by atoms with Crippen LogP contribution in [0.5, 0.6) is 0 Å². The SMILES string of the molecule is C/C(I)=C/C[C@@H]1C(=O)O[C@@H]2[C@@H]1CCC1=CCC[C@]3(C)[C@H]2[C@H]13. The van der Waals surface area contributed by atoms with E-state index in [-0.39, 0.29) is 18.0 Å². The normalized spacial score (nSPS) is 48.0. The van der Waals surface area contributed by atoms with Crippen LogP contribution in [0.3, 0.4) is 0 Å². The maximum Gasteiger partial charge on any atom is 0.309 e. The zero-order valence-corrected chi connectivity index (χ0v) is 14.9. The number of rotatable bonds is 2. The van der Waals surface area contributed by atoms with Gasteiger partial charge in [0, 0.05) is 11.8 Å². The van der Waals surface area contributed by atoms with E-state index in [9.17, 15) is 4.79 Å². The number of fused-ring (bicyclic) bond motifs is 3. The second-order valence-corrected chi connectivity index (χ2v) is 9.27. The first-order valence-corrected chi connectivity index (χ1v) is 9.32. The molecule has 0 aromatic rings. The summed E-state index contributed by atoms with van der Waals surface area (Å²) in [4.78, 5) is 12.4. The molecule has 0 radical (unpaired) electrons. The first-order valence-electron chi connectivity index (χ1n) is 8.24. The molecule has 1 saturated heterocycles. The average molecular weight is 398 g/mol. The van der Waals surface area contributed by atoms with Gasteiger partial charge in [0.05, 0.1) is 5.92 Å². The lowest BCUT2D eigenvalue weighted by molar-refractivity contribution is -0.145. The van der Waals surface area contributed by atoms with Gasteiger partial charge >= 0.3 is 5.97 Å². The van der Waals surface area contributed by atoms with Crippen molar-refractivity contribution in [1.82, 2.24) is 0 Å². The van der Waals surface area contributed by atoms with E-state index in [4.69, 9.17) is 4.74 Å². The van der Waals surface area contributed by atoms with Crippen molar-refractivity contribution < 1.29 is 9.53 Å². The number of esters is 1. The quantitative estimate of drug-likeness (QED) is 0.385. The van der Waals surface area contributed by atoms with Crippen molar-refractivity contribution in [2.45, 2.75) is 52.1 Å². The lowest BCUT2D eigenvalue weighted by Gasteiger charge is -2.24. The molecule has 4 rings (SSSR count). The van der Waals surface area contributed by atoms with E-state index in [2.05, 4.69) is 48.6 Å². The topological polar surface area (TPSA) is 26.3 Å². The molecule has 114 valence electrons. The van der Waals surface area contributed by atoms with Crippen LogP contribution in [0, 0.1) is 29.1 Å². The Morgan fingerprint density at radius 1 is 1.57 bits per heavy atom. The average Bonchev–Trinajstić information content (AvgIpc) is 2.99. The second kappa shape index (κ2) is 4.84. The molecule has 1 heterocycles. The summed E-state index contributed by atoms with van der Waals surface area (Å²) in [6.45, 7) is 4.52. The maximum absolute atomic E-state index is 12.4. The first kappa shape index (κ1) is 14.3. The predicted molar refractivity (Wildman–Crippen MR) is 90.9 cm³/mol. The molecule has 4 aliphatic rings. The van der Waals surface area contributed by atoms with Gasteiger partial charge in [0.1, 0.15) is 6.10 Å². The molecular weight excluding hydrogens is 375 g/mol. The van der Waals surface area contributed by atoms with Crippen molar-refractivity contribution in [3.63, 3.8) is 0 Å². The van der Waals surface area contributed by atoms with Gasteiger partial charge < -0.3 is 4.74 Å². The van der Waals surface area contributed by atoms with Crippen LogP contribution in [-0.4, -0.2) is 12.1 Å². The van der Waals surface area contributed by atoms with Gasteiger partial charge in [-0.15, -0.1) is 0 Å². The zero-order valence-electron chi connectivity index (χ0n) is 12.8. The number of halogens is 1. The Bertz CT molecular complexity index is 545. The van der Waals surface area contributed by atoms with Gasteiger partial charge in [-0.2, -0.15) is 0 Å². The Hall–Kier alpha value is -0.320. The summed E-state index contributed by atoms with van der Waals surface area (Å²) < 4.78 is 7.19. The number of hydrogen-bond acceptors (Lipinski definition) is 2. The number of carbonyl (C=O) groups is 1. The Balaban J connectivity index is 1.62. The van der Waals surface area contributed by atoms with Crippen molar-refractivity contribution in [3.05, 3.63) is 21.3 Å². The van der Waals surface area contributed by atoms with Crippen molar-refractivity contribution in [2.24, 2.45) is 29.1 Å². The van der Waals surface area contributed by atoms with Gasteiger partial charge in [-0.1, -0.05) is 24.6 Å². The fourth-order valence-corrected chi connectivity index (χ4v) is 5.66. The summed E-state index contributed by atoms with van der Waals surface area (Å²) in [5.74, 6) is 1.94. The van der Waals surface area contributed by atoms with Crippen molar-refractivity contribution >= 4 is 28.6 Å². The van der Waals surface area contributed by atoms with Crippen molar-refractivity contribution in [1.29, 1.82) is 0 Å². The van der Waals surface area contributed by atoms with Crippen LogP contribution >= 0.6 is 22.6 Å². The number of allylic oxidation sites excluding steroid dienone is 4. The Morgan fingerprint density at radius 3 is 3.14 bits per heavy atom. The Morgan fingerprint density at radius 2 is 2.38 bits per heavy atom. The molecule has 3 aliphatic carbocycles. The Kier molecular flexibility index (Phi) is 3.29. The highest BCUT2D eigenvalue weighted by molar-refractivity contribution is 14.1. The van der Waals surface area contributed by atoms with E-state index in [0.717, 1.165) is 18.8 Å². The summed E-state index contributed by atoms with van der Waals surface area (Å²) >= 11 is 2.33. The minimum atomic E-state index is 0.0681. The molecule has 0 bridgehead atoms. The molecular formula is C18H23IO2. The summed E-state index contributed by atoms with van der Waals surface area (Å²) in [5.41, 5.74) is 2.11.